The Balaban J connectivity index is 1.95. The lowest BCUT2D eigenvalue weighted by atomic mass is 9.98. The topological polar surface area (TPSA) is 96.6 Å². The molecular weight excluding hydrogens is 428 g/mol. The molecule has 9 heteroatoms. The molecule has 0 radical (unpaired) electrons. The minimum Gasteiger partial charge on any atom is -0.496 e. The molecule has 1 aromatic heterocycles. The molecule has 1 aliphatic rings. The van der Waals surface area contributed by atoms with Crippen LogP contribution in [0.2, 0.25) is 0 Å². The molecule has 1 N–H and O–H groups in total. The van der Waals surface area contributed by atoms with E-state index in [-0.39, 0.29) is 41.2 Å². The SMILES string of the molecule is COc1cc(OC[C@H](O)CCl)c2c(=O)c3c(oc2c1)COc1cc(OC)c(OC)cc1-3. The van der Waals surface area contributed by atoms with E-state index in [0.29, 0.717) is 39.9 Å². The first-order chi connectivity index (χ1) is 15.0. The summed E-state index contributed by atoms with van der Waals surface area (Å²) >= 11 is 5.66. The zero-order valence-electron chi connectivity index (χ0n) is 17.2. The molecule has 0 fully saturated rings. The molecule has 0 spiro atoms. The molecule has 0 aliphatic carbocycles. The second kappa shape index (κ2) is 8.56. The lowest BCUT2D eigenvalue weighted by Gasteiger charge is -2.22. The average Bonchev–Trinajstić information content (AvgIpc) is 2.80. The molecule has 3 aromatic rings. The number of ether oxygens (including phenoxy) is 5. The van der Waals surface area contributed by atoms with Crippen molar-refractivity contribution >= 4 is 22.6 Å². The third-order valence-electron chi connectivity index (χ3n) is 4.96. The van der Waals surface area contributed by atoms with Gasteiger partial charge < -0.3 is 33.2 Å². The standard InChI is InChI=1S/C22H21ClO8/c1-26-12-4-17(29-9-11(24)8-23)21-18(5-12)31-19-10-30-14-7-16(28-3)15(27-2)6-13(14)20(19)22(21)25/h4-7,11,24H,8-10H2,1-3H3/t11-/m1/s1. The molecule has 0 bridgehead atoms. The maximum atomic E-state index is 13.6. The van der Waals surface area contributed by atoms with Crippen molar-refractivity contribution in [3.8, 4) is 39.9 Å². The Morgan fingerprint density at radius 1 is 1.06 bits per heavy atom. The van der Waals surface area contributed by atoms with Crippen LogP contribution >= 0.6 is 11.6 Å². The Morgan fingerprint density at radius 2 is 1.81 bits per heavy atom. The van der Waals surface area contributed by atoms with Crippen molar-refractivity contribution in [1.29, 1.82) is 0 Å². The number of halogens is 1. The van der Waals surface area contributed by atoms with Crippen LogP contribution in [0.25, 0.3) is 22.1 Å². The summed E-state index contributed by atoms with van der Waals surface area (Å²) in [6.07, 6.45) is -0.890. The number of aliphatic hydroxyl groups excluding tert-OH is 1. The number of benzene rings is 2. The number of hydrogen-bond acceptors (Lipinski definition) is 8. The number of fused-ring (bicyclic) bond motifs is 4. The molecule has 2 aromatic carbocycles. The van der Waals surface area contributed by atoms with Crippen LogP contribution < -0.4 is 29.1 Å². The predicted molar refractivity (Wildman–Crippen MR) is 114 cm³/mol. The van der Waals surface area contributed by atoms with Gasteiger partial charge in [-0.15, -0.1) is 11.6 Å². The molecule has 4 rings (SSSR count). The lowest BCUT2D eigenvalue weighted by molar-refractivity contribution is 0.126. The Bertz CT molecular complexity index is 1190. The highest BCUT2D eigenvalue weighted by Gasteiger charge is 2.28. The Labute approximate surface area is 182 Å². The van der Waals surface area contributed by atoms with E-state index in [2.05, 4.69) is 0 Å². The number of hydrogen-bond donors (Lipinski definition) is 1. The third kappa shape index (κ3) is 3.73. The molecule has 2 heterocycles. The summed E-state index contributed by atoms with van der Waals surface area (Å²) in [6, 6.07) is 6.52. The minimum absolute atomic E-state index is 0.00174. The highest BCUT2D eigenvalue weighted by atomic mass is 35.5. The van der Waals surface area contributed by atoms with E-state index >= 15 is 0 Å². The molecule has 1 aliphatic heterocycles. The fraction of sp³-hybridized carbons (Fsp3) is 0.318. The second-order valence-electron chi connectivity index (χ2n) is 6.84. The highest BCUT2D eigenvalue weighted by molar-refractivity contribution is 6.18. The van der Waals surface area contributed by atoms with Crippen LogP contribution in [0.15, 0.2) is 33.5 Å². The summed E-state index contributed by atoms with van der Waals surface area (Å²) < 4.78 is 33.5. The summed E-state index contributed by atoms with van der Waals surface area (Å²) in [5, 5.41) is 10.0. The van der Waals surface area contributed by atoms with Gasteiger partial charge in [-0.3, -0.25) is 4.79 Å². The van der Waals surface area contributed by atoms with Crippen molar-refractivity contribution in [3.63, 3.8) is 0 Å². The highest BCUT2D eigenvalue weighted by Crippen LogP contribution is 2.44. The first-order valence-electron chi connectivity index (χ1n) is 9.44. The normalized spacial score (nSPS) is 13.1. The fourth-order valence-corrected chi connectivity index (χ4v) is 3.55. The quantitative estimate of drug-likeness (QED) is 0.550. The molecule has 1 atom stereocenters. The van der Waals surface area contributed by atoms with Crippen molar-refractivity contribution < 1.29 is 33.2 Å². The molecule has 0 saturated heterocycles. The second-order valence-corrected chi connectivity index (χ2v) is 7.15. The fourth-order valence-electron chi connectivity index (χ4n) is 3.46. The predicted octanol–water partition coefficient (Wildman–Crippen LogP) is 3.36. The van der Waals surface area contributed by atoms with Crippen LogP contribution in [0.1, 0.15) is 5.76 Å². The van der Waals surface area contributed by atoms with Crippen LogP contribution in [0.5, 0.6) is 28.7 Å². The summed E-state index contributed by atoms with van der Waals surface area (Å²) in [5.41, 5.74) is 0.858. The summed E-state index contributed by atoms with van der Waals surface area (Å²) in [5.74, 6) is 2.45. The van der Waals surface area contributed by atoms with Crippen LogP contribution in [0.3, 0.4) is 0 Å². The summed E-state index contributed by atoms with van der Waals surface area (Å²) in [4.78, 5) is 13.6. The molecule has 164 valence electrons. The van der Waals surface area contributed by atoms with E-state index in [1.807, 2.05) is 0 Å². The summed E-state index contributed by atoms with van der Waals surface area (Å²) in [6.45, 7) is -0.0195. The number of aliphatic hydroxyl groups is 1. The van der Waals surface area contributed by atoms with Gasteiger partial charge in [0.25, 0.3) is 0 Å². The van der Waals surface area contributed by atoms with Gasteiger partial charge in [0.05, 0.1) is 32.8 Å². The van der Waals surface area contributed by atoms with Gasteiger partial charge in [0, 0.05) is 23.8 Å². The molecule has 0 saturated carbocycles. The van der Waals surface area contributed by atoms with Gasteiger partial charge in [0.2, 0.25) is 5.43 Å². The number of methoxy groups -OCH3 is 3. The first-order valence-corrected chi connectivity index (χ1v) is 9.97. The minimum atomic E-state index is -0.890. The van der Waals surface area contributed by atoms with E-state index in [4.69, 9.17) is 39.7 Å². The van der Waals surface area contributed by atoms with Crippen LogP contribution in [0, 0.1) is 0 Å². The van der Waals surface area contributed by atoms with E-state index < -0.39 is 6.10 Å². The van der Waals surface area contributed by atoms with Gasteiger partial charge in [-0.2, -0.15) is 0 Å². The Kier molecular flexibility index (Phi) is 5.84. The number of rotatable bonds is 7. The van der Waals surface area contributed by atoms with Gasteiger partial charge in [0.1, 0.15) is 47.5 Å². The monoisotopic (exact) mass is 448 g/mol. The first kappa shape index (κ1) is 21.1. The number of alkyl halides is 1. The largest absolute Gasteiger partial charge is 0.496 e. The van der Waals surface area contributed by atoms with Gasteiger partial charge >= 0.3 is 0 Å². The van der Waals surface area contributed by atoms with Gasteiger partial charge in [-0.25, -0.2) is 0 Å². The van der Waals surface area contributed by atoms with Crippen molar-refractivity contribution in [3.05, 3.63) is 40.2 Å². The van der Waals surface area contributed by atoms with Crippen molar-refractivity contribution in [2.75, 3.05) is 33.8 Å². The smallest absolute Gasteiger partial charge is 0.204 e. The third-order valence-corrected chi connectivity index (χ3v) is 5.32. The van der Waals surface area contributed by atoms with E-state index in [1.54, 1.807) is 24.3 Å². The van der Waals surface area contributed by atoms with Crippen LogP contribution in [0.4, 0.5) is 0 Å². The Morgan fingerprint density at radius 3 is 2.48 bits per heavy atom. The molecule has 0 unspecified atom stereocenters. The Hall–Kier alpha value is -3.10. The molecular formula is C22H21ClO8. The zero-order chi connectivity index (χ0) is 22.1. The maximum Gasteiger partial charge on any atom is 0.204 e. The van der Waals surface area contributed by atoms with Gasteiger partial charge in [-0.05, 0) is 6.07 Å². The van der Waals surface area contributed by atoms with E-state index in [1.165, 1.54) is 21.3 Å². The van der Waals surface area contributed by atoms with E-state index in [0.717, 1.165) is 0 Å². The van der Waals surface area contributed by atoms with Gasteiger partial charge in [0.15, 0.2) is 17.3 Å². The van der Waals surface area contributed by atoms with Gasteiger partial charge in [-0.1, -0.05) is 0 Å². The summed E-state index contributed by atoms with van der Waals surface area (Å²) in [7, 11) is 4.53. The van der Waals surface area contributed by atoms with Crippen molar-refractivity contribution in [2.24, 2.45) is 0 Å². The molecule has 8 nitrogen and oxygen atoms in total. The maximum absolute atomic E-state index is 13.6. The zero-order valence-corrected chi connectivity index (χ0v) is 17.9. The van der Waals surface area contributed by atoms with Crippen LogP contribution in [-0.2, 0) is 6.61 Å². The molecule has 0 amide bonds. The lowest BCUT2D eigenvalue weighted by Crippen LogP contribution is -2.20. The van der Waals surface area contributed by atoms with Crippen molar-refractivity contribution in [2.45, 2.75) is 12.7 Å². The van der Waals surface area contributed by atoms with Crippen LogP contribution in [-0.4, -0.2) is 45.0 Å². The average molecular weight is 449 g/mol. The molecule has 31 heavy (non-hydrogen) atoms. The van der Waals surface area contributed by atoms with E-state index in [9.17, 15) is 9.90 Å². The van der Waals surface area contributed by atoms with Crippen molar-refractivity contribution in [1.82, 2.24) is 0 Å².